The molecule has 4 heteroatoms. The average molecular weight is 290 g/mol. The molecule has 116 valence electrons. The predicted octanol–water partition coefficient (Wildman–Crippen LogP) is 2.45. The van der Waals surface area contributed by atoms with Crippen molar-refractivity contribution in [3.8, 4) is 0 Å². The highest BCUT2D eigenvalue weighted by atomic mass is 16.5. The Labute approximate surface area is 127 Å². The van der Waals surface area contributed by atoms with Gasteiger partial charge in [-0.25, -0.2) is 0 Å². The number of aryl methyl sites for hydroxylation is 1. The van der Waals surface area contributed by atoms with E-state index in [1.807, 2.05) is 12.3 Å². The Morgan fingerprint density at radius 2 is 2.24 bits per heavy atom. The van der Waals surface area contributed by atoms with Crippen molar-refractivity contribution < 1.29 is 9.47 Å². The van der Waals surface area contributed by atoms with Crippen molar-refractivity contribution in [2.45, 2.75) is 51.8 Å². The molecule has 1 aliphatic heterocycles. The van der Waals surface area contributed by atoms with Crippen LogP contribution in [0.15, 0.2) is 18.3 Å². The lowest BCUT2D eigenvalue weighted by atomic mass is 9.57. The van der Waals surface area contributed by atoms with Gasteiger partial charge in [0, 0.05) is 49.7 Å². The van der Waals surface area contributed by atoms with Gasteiger partial charge < -0.3 is 14.8 Å². The minimum absolute atomic E-state index is 0.282. The van der Waals surface area contributed by atoms with Gasteiger partial charge in [-0.3, -0.25) is 4.98 Å². The maximum Gasteiger partial charge on any atom is 0.0662 e. The Kier molecular flexibility index (Phi) is 4.57. The fourth-order valence-electron chi connectivity index (χ4n) is 3.83. The summed E-state index contributed by atoms with van der Waals surface area (Å²) >= 11 is 0. The van der Waals surface area contributed by atoms with Crippen LogP contribution in [0.4, 0.5) is 0 Å². The average Bonchev–Trinajstić information content (AvgIpc) is 2.52. The summed E-state index contributed by atoms with van der Waals surface area (Å²) in [5, 5.41) is 3.75. The molecule has 2 fully saturated rings. The summed E-state index contributed by atoms with van der Waals surface area (Å²) in [6.07, 6.45) is 5.60. The molecule has 2 unspecified atom stereocenters. The first-order valence-electron chi connectivity index (χ1n) is 8.09. The maximum absolute atomic E-state index is 5.97. The molecule has 1 spiro atoms. The van der Waals surface area contributed by atoms with Crippen LogP contribution in [0.5, 0.6) is 0 Å². The van der Waals surface area contributed by atoms with Crippen LogP contribution in [0.25, 0.3) is 0 Å². The second-order valence-corrected chi connectivity index (χ2v) is 6.21. The number of hydrogen-bond acceptors (Lipinski definition) is 4. The van der Waals surface area contributed by atoms with Crippen molar-refractivity contribution >= 4 is 0 Å². The van der Waals surface area contributed by atoms with Crippen LogP contribution in [0, 0.1) is 12.3 Å². The Balaban J connectivity index is 1.64. The van der Waals surface area contributed by atoms with Gasteiger partial charge in [-0.05, 0) is 44.7 Å². The summed E-state index contributed by atoms with van der Waals surface area (Å²) in [4.78, 5) is 4.36. The van der Waals surface area contributed by atoms with Crippen LogP contribution in [0.2, 0.25) is 0 Å². The van der Waals surface area contributed by atoms with Gasteiger partial charge in [0.2, 0.25) is 0 Å². The molecule has 0 amide bonds. The molecule has 1 aliphatic carbocycles. The van der Waals surface area contributed by atoms with E-state index in [4.69, 9.17) is 9.47 Å². The van der Waals surface area contributed by atoms with Crippen LogP contribution in [-0.2, 0) is 16.0 Å². The fraction of sp³-hybridized carbons (Fsp3) is 0.706. The van der Waals surface area contributed by atoms with E-state index in [0.29, 0.717) is 12.1 Å². The highest BCUT2D eigenvalue weighted by Gasteiger charge is 2.55. The SMILES string of the molecule is CCOC1CC(NCc2cccnc2C)C12CCOCC2. The van der Waals surface area contributed by atoms with Gasteiger partial charge in [-0.2, -0.15) is 0 Å². The summed E-state index contributed by atoms with van der Waals surface area (Å²) in [5.74, 6) is 0. The monoisotopic (exact) mass is 290 g/mol. The molecule has 0 radical (unpaired) electrons. The zero-order valence-electron chi connectivity index (χ0n) is 13.1. The first-order valence-corrected chi connectivity index (χ1v) is 8.09. The molecule has 0 bridgehead atoms. The topological polar surface area (TPSA) is 43.4 Å². The van der Waals surface area contributed by atoms with Gasteiger partial charge in [0.15, 0.2) is 0 Å². The predicted molar refractivity (Wildman–Crippen MR) is 82.1 cm³/mol. The first kappa shape index (κ1) is 14.9. The number of hydrogen-bond donors (Lipinski definition) is 1. The Morgan fingerprint density at radius 1 is 1.43 bits per heavy atom. The zero-order valence-corrected chi connectivity index (χ0v) is 13.1. The molecule has 2 atom stereocenters. The summed E-state index contributed by atoms with van der Waals surface area (Å²) in [6, 6.07) is 4.71. The standard InChI is InChI=1S/C17H26N2O2/c1-3-21-16-11-15(17(16)6-9-20-10-7-17)19-12-14-5-4-8-18-13(14)2/h4-5,8,15-16,19H,3,6-7,9-12H2,1-2H3. The zero-order chi connectivity index (χ0) is 14.7. The third kappa shape index (κ3) is 2.85. The number of aromatic nitrogens is 1. The van der Waals surface area contributed by atoms with Gasteiger partial charge in [0.05, 0.1) is 6.10 Å². The Hall–Kier alpha value is -0.970. The second-order valence-electron chi connectivity index (χ2n) is 6.21. The maximum atomic E-state index is 5.97. The Morgan fingerprint density at radius 3 is 2.95 bits per heavy atom. The molecule has 21 heavy (non-hydrogen) atoms. The molecular weight excluding hydrogens is 264 g/mol. The lowest BCUT2D eigenvalue weighted by Gasteiger charge is -2.57. The van der Waals surface area contributed by atoms with E-state index in [1.165, 1.54) is 5.56 Å². The second kappa shape index (κ2) is 6.42. The van der Waals surface area contributed by atoms with Crippen molar-refractivity contribution in [1.82, 2.24) is 10.3 Å². The molecule has 1 saturated heterocycles. The van der Waals surface area contributed by atoms with E-state index in [1.54, 1.807) is 0 Å². The van der Waals surface area contributed by atoms with Gasteiger partial charge in [0.25, 0.3) is 0 Å². The van der Waals surface area contributed by atoms with Crippen LogP contribution in [0.3, 0.4) is 0 Å². The number of pyridine rings is 1. The van der Waals surface area contributed by atoms with Crippen molar-refractivity contribution in [3.63, 3.8) is 0 Å². The van der Waals surface area contributed by atoms with E-state index in [2.05, 4.69) is 30.2 Å². The normalized spacial score (nSPS) is 27.5. The molecule has 3 rings (SSSR count). The van der Waals surface area contributed by atoms with E-state index < -0.39 is 0 Å². The number of ether oxygens (including phenoxy) is 2. The van der Waals surface area contributed by atoms with Crippen LogP contribution in [-0.4, -0.2) is 37.0 Å². The highest BCUT2D eigenvalue weighted by Crippen LogP contribution is 2.50. The summed E-state index contributed by atoms with van der Waals surface area (Å²) in [5.41, 5.74) is 2.69. The van der Waals surface area contributed by atoms with Crippen molar-refractivity contribution in [1.29, 1.82) is 0 Å². The van der Waals surface area contributed by atoms with Crippen molar-refractivity contribution in [2.75, 3.05) is 19.8 Å². The molecule has 1 aromatic rings. The van der Waals surface area contributed by atoms with E-state index in [9.17, 15) is 0 Å². The largest absolute Gasteiger partial charge is 0.381 e. The van der Waals surface area contributed by atoms with E-state index >= 15 is 0 Å². The molecule has 1 saturated carbocycles. The molecule has 1 aromatic heterocycles. The van der Waals surface area contributed by atoms with Crippen molar-refractivity contribution in [3.05, 3.63) is 29.6 Å². The highest BCUT2D eigenvalue weighted by molar-refractivity contribution is 5.19. The fourth-order valence-corrected chi connectivity index (χ4v) is 3.83. The van der Waals surface area contributed by atoms with Gasteiger partial charge in [0.1, 0.15) is 0 Å². The Bertz CT molecular complexity index is 472. The third-order valence-corrected chi connectivity index (χ3v) is 5.23. The lowest BCUT2D eigenvalue weighted by Crippen LogP contribution is -2.65. The van der Waals surface area contributed by atoms with Gasteiger partial charge >= 0.3 is 0 Å². The molecule has 4 nitrogen and oxygen atoms in total. The molecule has 2 aliphatic rings. The number of nitrogens with zero attached hydrogens (tertiary/aromatic N) is 1. The van der Waals surface area contributed by atoms with E-state index in [-0.39, 0.29) is 5.41 Å². The van der Waals surface area contributed by atoms with Crippen LogP contribution in [0.1, 0.15) is 37.4 Å². The van der Waals surface area contributed by atoms with Gasteiger partial charge in [-0.15, -0.1) is 0 Å². The molecule has 0 aromatic carbocycles. The minimum atomic E-state index is 0.282. The van der Waals surface area contributed by atoms with Gasteiger partial charge in [-0.1, -0.05) is 6.07 Å². The molecular formula is C17H26N2O2. The third-order valence-electron chi connectivity index (χ3n) is 5.23. The molecule has 1 N–H and O–H groups in total. The lowest BCUT2D eigenvalue weighted by molar-refractivity contribution is -0.173. The first-order chi connectivity index (χ1) is 10.3. The number of rotatable bonds is 5. The molecule has 2 heterocycles. The quantitative estimate of drug-likeness (QED) is 0.904. The van der Waals surface area contributed by atoms with E-state index in [0.717, 1.165) is 51.3 Å². The van der Waals surface area contributed by atoms with Crippen LogP contribution >= 0.6 is 0 Å². The minimum Gasteiger partial charge on any atom is -0.381 e. The van der Waals surface area contributed by atoms with Crippen LogP contribution < -0.4 is 5.32 Å². The smallest absolute Gasteiger partial charge is 0.0662 e. The summed E-state index contributed by atoms with van der Waals surface area (Å²) in [6.45, 7) is 7.60. The number of nitrogens with one attached hydrogen (secondary N) is 1. The van der Waals surface area contributed by atoms with Crippen molar-refractivity contribution in [2.24, 2.45) is 5.41 Å². The summed E-state index contributed by atoms with van der Waals surface area (Å²) < 4.78 is 11.5. The summed E-state index contributed by atoms with van der Waals surface area (Å²) in [7, 11) is 0.